The number of hydrogen-bond acceptors (Lipinski definition) is 4. The Labute approximate surface area is 149 Å². The van der Waals surface area contributed by atoms with Crippen molar-refractivity contribution in [2.24, 2.45) is 17.8 Å². The molecule has 24 heavy (non-hydrogen) atoms. The molecular formula is C20H39N3O. The first kappa shape index (κ1) is 18.6. The predicted molar refractivity (Wildman–Crippen MR) is 100 cm³/mol. The molecule has 4 nitrogen and oxygen atoms in total. The van der Waals surface area contributed by atoms with Gasteiger partial charge in [0.15, 0.2) is 0 Å². The monoisotopic (exact) mass is 337 g/mol. The molecule has 1 N–H and O–H groups in total. The molecule has 0 atom stereocenters. The third kappa shape index (κ3) is 5.98. The molecule has 0 aromatic rings. The van der Waals surface area contributed by atoms with Crippen molar-refractivity contribution in [2.75, 3.05) is 66.1 Å². The largest absolute Gasteiger partial charge is 0.383 e. The molecule has 3 aliphatic rings. The minimum absolute atomic E-state index is 0.884. The molecule has 3 rings (SSSR count). The maximum absolute atomic E-state index is 5.20. The Balaban J connectivity index is 1.28. The number of rotatable bonds is 7. The Morgan fingerprint density at radius 1 is 0.792 bits per heavy atom. The van der Waals surface area contributed by atoms with Crippen LogP contribution >= 0.6 is 0 Å². The molecule has 4 heteroatoms. The number of piperidine rings is 3. The fourth-order valence-corrected chi connectivity index (χ4v) is 4.97. The Kier molecular flexibility index (Phi) is 7.84. The topological polar surface area (TPSA) is 27.7 Å². The number of nitrogens with one attached hydrogen (secondary N) is 1. The van der Waals surface area contributed by atoms with Gasteiger partial charge in [0.1, 0.15) is 0 Å². The van der Waals surface area contributed by atoms with E-state index in [1.807, 2.05) is 7.11 Å². The molecule has 3 saturated heterocycles. The zero-order chi connectivity index (χ0) is 16.6. The maximum Gasteiger partial charge on any atom is 0.0589 e. The van der Waals surface area contributed by atoms with E-state index in [2.05, 4.69) is 15.1 Å². The summed E-state index contributed by atoms with van der Waals surface area (Å²) in [6, 6.07) is 0. The second-order valence-corrected chi connectivity index (χ2v) is 8.45. The van der Waals surface area contributed by atoms with Gasteiger partial charge in [-0.15, -0.1) is 0 Å². The molecule has 0 aliphatic carbocycles. The number of methoxy groups -OCH3 is 1. The highest BCUT2D eigenvalue weighted by atomic mass is 16.5. The lowest BCUT2D eigenvalue weighted by Gasteiger charge is -2.38. The summed E-state index contributed by atoms with van der Waals surface area (Å²) in [6.07, 6.45) is 10.0. The molecule has 3 aliphatic heterocycles. The van der Waals surface area contributed by atoms with Crippen LogP contribution in [-0.2, 0) is 4.74 Å². The highest BCUT2D eigenvalue weighted by Crippen LogP contribution is 2.29. The Morgan fingerprint density at radius 3 is 2.04 bits per heavy atom. The molecule has 3 heterocycles. The first-order chi connectivity index (χ1) is 11.8. The Hall–Kier alpha value is -0.160. The van der Waals surface area contributed by atoms with Crippen molar-refractivity contribution in [3.8, 4) is 0 Å². The smallest absolute Gasteiger partial charge is 0.0589 e. The Bertz CT molecular complexity index is 330. The van der Waals surface area contributed by atoms with Crippen LogP contribution in [0.15, 0.2) is 0 Å². The first-order valence-electron chi connectivity index (χ1n) is 10.5. The van der Waals surface area contributed by atoms with E-state index in [-0.39, 0.29) is 0 Å². The second kappa shape index (κ2) is 10.1. The lowest BCUT2D eigenvalue weighted by molar-refractivity contribution is 0.0929. The van der Waals surface area contributed by atoms with E-state index in [1.54, 1.807) is 0 Å². The van der Waals surface area contributed by atoms with E-state index in [0.717, 1.165) is 30.9 Å². The number of ether oxygens (including phenoxy) is 1. The van der Waals surface area contributed by atoms with E-state index in [4.69, 9.17) is 4.74 Å². The molecule has 0 bridgehead atoms. The molecule has 0 aromatic carbocycles. The summed E-state index contributed by atoms with van der Waals surface area (Å²) in [6.45, 7) is 11.2. The molecule has 140 valence electrons. The first-order valence-corrected chi connectivity index (χ1v) is 10.5. The minimum Gasteiger partial charge on any atom is -0.383 e. The highest BCUT2D eigenvalue weighted by Gasteiger charge is 2.26. The number of nitrogens with zero attached hydrogens (tertiary/aromatic N) is 2. The van der Waals surface area contributed by atoms with E-state index in [9.17, 15) is 0 Å². The van der Waals surface area contributed by atoms with Crippen LogP contribution in [0.3, 0.4) is 0 Å². The quantitative estimate of drug-likeness (QED) is 0.772. The summed E-state index contributed by atoms with van der Waals surface area (Å²) in [5, 5.41) is 3.50. The lowest BCUT2D eigenvalue weighted by Crippen LogP contribution is -2.42. The summed E-state index contributed by atoms with van der Waals surface area (Å²) < 4.78 is 5.20. The second-order valence-electron chi connectivity index (χ2n) is 8.45. The highest BCUT2D eigenvalue weighted by molar-refractivity contribution is 4.80. The standard InChI is InChI=1S/C20H39N3O/c1-24-15-14-22-10-6-20(7-11-22)17-23-12-4-19(5-13-23)16-18-2-8-21-9-3-18/h18-21H,2-17H2,1H3. The van der Waals surface area contributed by atoms with Gasteiger partial charge in [-0.05, 0) is 102 Å². The Morgan fingerprint density at radius 2 is 1.38 bits per heavy atom. The number of likely N-dealkylation sites (tertiary alicyclic amines) is 2. The van der Waals surface area contributed by atoms with Gasteiger partial charge in [0, 0.05) is 20.2 Å². The van der Waals surface area contributed by atoms with Crippen molar-refractivity contribution < 1.29 is 4.74 Å². The fourth-order valence-electron chi connectivity index (χ4n) is 4.97. The van der Waals surface area contributed by atoms with Crippen molar-refractivity contribution in [1.29, 1.82) is 0 Å². The van der Waals surface area contributed by atoms with E-state index < -0.39 is 0 Å². The number of hydrogen-bond donors (Lipinski definition) is 1. The van der Waals surface area contributed by atoms with Crippen molar-refractivity contribution in [1.82, 2.24) is 15.1 Å². The van der Waals surface area contributed by atoms with Crippen molar-refractivity contribution in [3.63, 3.8) is 0 Å². The van der Waals surface area contributed by atoms with Crippen molar-refractivity contribution in [2.45, 2.75) is 44.9 Å². The normalized spacial score (nSPS) is 26.9. The van der Waals surface area contributed by atoms with Crippen LogP contribution in [0.5, 0.6) is 0 Å². The van der Waals surface area contributed by atoms with Crippen LogP contribution in [0.4, 0.5) is 0 Å². The van der Waals surface area contributed by atoms with Gasteiger partial charge in [-0.2, -0.15) is 0 Å². The van der Waals surface area contributed by atoms with Gasteiger partial charge in [0.2, 0.25) is 0 Å². The van der Waals surface area contributed by atoms with E-state index in [1.165, 1.54) is 90.8 Å². The van der Waals surface area contributed by atoms with Crippen molar-refractivity contribution >= 4 is 0 Å². The molecule has 0 radical (unpaired) electrons. The molecule has 0 saturated carbocycles. The molecular weight excluding hydrogens is 298 g/mol. The summed E-state index contributed by atoms with van der Waals surface area (Å²) in [7, 11) is 1.81. The summed E-state index contributed by atoms with van der Waals surface area (Å²) in [4.78, 5) is 5.35. The molecule has 3 fully saturated rings. The third-order valence-corrected chi connectivity index (χ3v) is 6.67. The zero-order valence-corrected chi connectivity index (χ0v) is 15.8. The summed E-state index contributed by atoms with van der Waals surface area (Å²) >= 11 is 0. The predicted octanol–water partition coefficient (Wildman–Crippen LogP) is 2.45. The van der Waals surface area contributed by atoms with Gasteiger partial charge in [0.05, 0.1) is 6.61 Å². The van der Waals surface area contributed by atoms with E-state index >= 15 is 0 Å². The van der Waals surface area contributed by atoms with Gasteiger partial charge in [0.25, 0.3) is 0 Å². The van der Waals surface area contributed by atoms with Gasteiger partial charge in [-0.3, -0.25) is 0 Å². The minimum atomic E-state index is 0.884. The van der Waals surface area contributed by atoms with E-state index in [0.29, 0.717) is 0 Å². The molecule has 0 amide bonds. The van der Waals surface area contributed by atoms with Crippen LogP contribution in [0, 0.1) is 17.8 Å². The summed E-state index contributed by atoms with van der Waals surface area (Å²) in [5.74, 6) is 2.96. The van der Waals surface area contributed by atoms with Gasteiger partial charge in [-0.25, -0.2) is 0 Å². The van der Waals surface area contributed by atoms with Crippen LogP contribution in [0.1, 0.15) is 44.9 Å². The van der Waals surface area contributed by atoms with Crippen LogP contribution < -0.4 is 5.32 Å². The molecule has 0 aromatic heterocycles. The molecule has 0 spiro atoms. The lowest BCUT2D eigenvalue weighted by atomic mass is 9.83. The SMILES string of the molecule is COCCN1CCC(CN2CCC(CC3CCNCC3)CC2)CC1. The average molecular weight is 338 g/mol. The fraction of sp³-hybridized carbons (Fsp3) is 1.00. The maximum atomic E-state index is 5.20. The van der Waals surface area contributed by atoms with Crippen molar-refractivity contribution in [3.05, 3.63) is 0 Å². The molecule has 0 unspecified atom stereocenters. The summed E-state index contributed by atoms with van der Waals surface area (Å²) in [5.41, 5.74) is 0. The third-order valence-electron chi connectivity index (χ3n) is 6.67. The average Bonchev–Trinajstić information content (AvgIpc) is 2.64. The van der Waals surface area contributed by atoms with Gasteiger partial charge < -0.3 is 19.9 Å². The van der Waals surface area contributed by atoms with Crippen LogP contribution in [-0.4, -0.2) is 75.9 Å². The van der Waals surface area contributed by atoms with Gasteiger partial charge in [-0.1, -0.05) is 0 Å². The van der Waals surface area contributed by atoms with Crippen LogP contribution in [0.2, 0.25) is 0 Å². The van der Waals surface area contributed by atoms with Crippen LogP contribution in [0.25, 0.3) is 0 Å². The van der Waals surface area contributed by atoms with Gasteiger partial charge >= 0.3 is 0 Å². The zero-order valence-electron chi connectivity index (χ0n) is 15.8.